The van der Waals surface area contributed by atoms with Crippen molar-refractivity contribution in [3.8, 4) is 11.4 Å². The van der Waals surface area contributed by atoms with Crippen LogP contribution < -0.4 is 5.32 Å². The lowest BCUT2D eigenvalue weighted by Crippen LogP contribution is -2.37. The summed E-state index contributed by atoms with van der Waals surface area (Å²) in [5.74, 6) is 2.31. The molecule has 114 valence electrons. The minimum Gasteiger partial charge on any atom is -0.349 e. The molecule has 0 saturated heterocycles. The normalized spacial score (nSPS) is 26.8. The maximum absolute atomic E-state index is 12.4. The first kappa shape index (κ1) is 13.5. The minimum absolute atomic E-state index is 0.0432. The number of aromatic nitrogens is 3. The zero-order valence-corrected chi connectivity index (χ0v) is 12.5. The van der Waals surface area contributed by atoms with Crippen LogP contribution in [0.25, 0.3) is 11.4 Å². The van der Waals surface area contributed by atoms with Gasteiger partial charge in [0.1, 0.15) is 6.33 Å². The lowest BCUT2D eigenvalue weighted by atomic mass is 9.97. The van der Waals surface area contributed by atoms with Crippen molar-refractivity contribution >= 4 is 5.91 Å². The highest BCUT2D eigenvalue weighted by Gasteiger charge is 2.39. The van der Waals surface area contributed by atoms with Gasteiger partial charge >= 0.3 is 0 Å². The van der Waals surface area contributed by atoms with Gasteiger partial charge in [0, 0.05) is 17.2 Å². The standard InChI is InChI=1S/C17H20N4O/c22-17(20-15-9-8-11-2-1-3-14(11)15)13-6-4-12(5-7-13)16-18-10-19-21-16/h4-7,10-11,14-15H,1-3,8-9H2,(H,20,22)(H,18,19,21)/t11-,14-,15-/m0/s1. The molecule has 2 fully saturated rings. The summed E-state index contributed by atoms with van der Waals surface area (Å²) in [5, 5.41) is 9.91. The van der Waals surface area contributed by atoms with E-state index in [4.69, 9.17) is 0 Å². The van der Waals surface area contributed by atoms with Gasteiger partial charge in [-0.05, 0) is 43.2 Å². The number of hydrogen-bond donors (Lipinski definition) is 2. The molecule has 1 amide bonds. The van der Waals surface area contributed by atoms with Crippen molar-refractivity contribution in [1.82, 2.24) is 20.5 Å². The summed E-state index contributed by atoms with van der Waals surface area (Å²) in [6.45, 7) is 0. The fraction of sp³-hybridized carbons (Fsp3) is 0.471. The number of hydrogen-bond acceptors (Lipinski definition) is 3. The number of carbonyl (C=O) groups is 1. The number of aromatic amines is 1. The zero-order chi connectivity index (χ0) is 14.9. The number of benzene rings is 1. The van der Waals surface area contributed by atoms with Crippen molar-refractivity contribution in [3.63, 3.8) is 0 Å². The van der Waals surface area contributed by atoms with Crippen LogP contribution in [0.2, 0.25) is 0 Å². The minimum atomic E-state index is 0.0432. The summed E-state index contributed by atoms with van der Waals surface area (Å²) in [4.78, 5) is 16.6. The van der Waals surface area contributed by atoms with Gasteiger partial charge in [0.2, 0.25) is 0 Å². The van der Waals surface area contributed by atoms with E-state index in [1.54, 1.807) is 0 Å². The number of rotatable bonds is 3. The second-order valence-corrected chi connectivity index (χ2v) is 6.42. The van der Waals surface area contributed by atoms with Crippen LogP contribution in [0.1, 0.15) is 42.5 Å². The Morgan fingerprint density at radius 1 is 1.14 bits per heavy atom. The predicted octanol–water partition coefficient (Wildman–Crippen LogP) is 2.78. The number of fused-ring (bicyclic) bond motifs is 1. The lowest BCUT2D eigenvalue weighted by molar-refractivity contribution is 0.0926. The monoisotopic (exact) mass is 296 g/mol. The SMILES string of the molecule is O=C(N[C@H]1CC[C@@H]2CCC[C@@H]21)c1ccc(-c2ncn[nH]2)cc1. The number of amides is 1. The third kappa shape index (κ3) is 2.40. The third-order valence-electron chi connectivity index (χ3n) is 5.24. The zero-order valence-electron chi connectivity index (χ0n) is 12.5. The summed E-state index contributed by atoms with van der Waals surface area (Å²) in [5.41, 5.74) is 1.65. The molecule has 0 bridgehead atoms. The highest BCUT2D eigenvalue weighted by molar-refractivity contribution is 5.94. The second kappa shape index (κ2) is 5.55. The quantitative estimate of drug-likeness (QED) is 0.915. The molecule has 22 heavy (non-hydrogen) atoms. The van der Waals surface area contributed by atoms with Crippen molar-refractivity contribution in [2.24, 2.45) is 11.8 Å². The van der Waals surface area contributed by atoms with E-state index in [1.807, 2.05) is 24.3 Å². The second-order valence-electron chi connectivity index (χ2n) is 6.42. The summed E-state index contributed by atoms with van der Waals surface area (Å²) in [6, 6.07) is 7.89. The fourth-order valence-corrected chi connectivity index (χ4v) is 4.12. The maximum Gasteiger partial charge on any atom is 0.251 e. The number of H-pyrrole nitrogens is 1. The predicted molar refractivity (Wildman–Crippen MR) is 83.1 cm³/mol. The highest BCUT2D eigenvalue weighted by Crippen LogP contribution is 2.44. The Kier molecular flexibility index (Phi) is 3.41. The molecule has 2 saturated carbocycles. The van der Waals surface area contributed by atoms with Crippen LogP contribution in [0.3, 0.4) is 0 Å². The van der Waals surface area contributed by atoms with Gasteiger partial charge in [-0.15, -0.1) is 0 Å². The number of nitrogens with zero attached hydrogens (tertiary/aromatic N) is 2. The van der Waals surface area contributed by atoms with Gasteiger partial charge in [0.15, 0.2) is 5.82 Å². The van der Waals surface area contributed by atoms with Crippen molar-refractivity contribution in [2.45, 2.75) is 38.1 Å². The molecule has 0 spiro atoms. The molecule has 5 nitrogen and oxygen atoms in total. The van der Waals surface area contributed by atoms with E-state index in [2.05, 4.69) is 20.5 Å². The van der Waals surface area contributed by atoms with Crippen LogP contribution >= 0.6 is 0 Å². The number of nitrogens with one attached hydrogen (secondary N) is 2. The lowest BCUT2D eigenvalue weighted by Gasteiger charge is -2.20. The first-order chi connectivity index (χ1) is 10.8. The Labute approximate surface area is 129 Å². The van der Waals surface area contributed by atoms with Gasteiger partial charge in [0.25, 0.3) is 5.91 Å². The smallest absolute Gasteiger partial charge is 0.251 e. The van der Waals surface area contributed by atoms with Crippen LogP contribution in [0.5, 0.6) is 0 Å². The molecular formula is C17H20N4O. The van der Waals surface area contributed by atoms with E-state index in [1.165, 1.54) is 32.0 Å². The Morgan fingerprint density at radius 3 is 2.77 bits per heavy atom. The molecule has 2 aromatic rings. The van der Waals surface area contributed by atoms with E-state index < -0.39 is 0 Å². The van der Waals surface area contributed by atoms with E-state index >= 15 is 0 Å². The summed E-state index contributed by atoms with van der Waals surface area (Å²) < 4.78 is 0. The van der Waals surface area contributed by atoms with Crippen molar-refractivity contribution in [1.29, 1.82) is 0 Å². The molecule has 1 aromatic carbocycles. The van der Waals surface area contributed by atoms with Gasteiger partial charge in [-0.1, -0.05) is 25.0 Å². The Balaban J connectivity index is 1.44. The molecule has 5 heteroatoms. The van der Waals surface area contributed by atoms with Gasteiger partial charge in [-0.3, -0.25) is 9.89 Å². The van der Waals surface area contributed by atoms with Crippen molar-refractivity contribution in [2.75, 3.05) is 0 Å². The van der Waals surface area contributed by atoms with Crippen LogP contribution in [0.15, 0.2) is 30.6 Å². The van der Waals surface area contributed by atoms with Crippen molar-refractivity contribution < 1.29 is 4.79 Å². The van der Waals surface area contributed by atoms with Crippen LogP contribution in [-0.4, -0.2) is 27.1 Å². The van der Waals surface area contributed by atoms with Gasteiger partial charge in [-0.25, -0.2) is 4.98 Å². The van der Waals surface area contributed by atoms with Crippen LogP contribution in [0, 0.1) is 11.8 Å². The van der Waals surface area contributed by atoms with Gasteiger partial charge < -0.3 is 5.32 Å². The number of carbonyl (C=O) groups excluding carboxylic acids is 1. The molecule has 1 aromatic heterocycles. The van der Waals surface area contributed by atoms with Gasteiger partial charge in [-0.2, -0.15) is 5.10 Å². The Hall–Kier alpha value is -2.17. The van der Waals surface area contributed by atoms with Gasteiger partial charge in [0.05, 0.1) is 0 Å². The van der Waals surface area contributed by atoms with Crippen molar-refractivity contribution in [3.05, 3.63) is 36.2 Å². The molecular weight excluding hydrogens is 276 g/mol. The van der Waals surface area contributed by atoms with Crippen LogP contribution in [0.4, 0.5) is 0 Å². The molecule has 0 unspecified atom stereocenters. The summed E-state index contributed by atoms with van der Waals surface area (Å²) in [6.07, 6.45) is 7.85. The molecule has 3 atom stereocenters. The summed E-state index contributed by atoms with van der Waals surface area (Å²) >= 11 is 0. The average molecular weight is 296 g/mol. The van der Waals surface area contributed by atoms with Crippen LogP contribution in [-0.2, 0) is 0 Å². The first-order valence-electron chi connectivity index (χ1n) is 8.08. The molecule has 2 aliphatic rings. The molecule has 2 N–H and O–H groups in total. The van der Waals surface area contributed by atoms with E-state index in [0.29, 0.717) is 17.5 Å². The largest absolute Gasteiger partial charge is 0.349 e. The Bertz CT molecular complexity index is 650. The highest BCUT2D eigenvalue weighted by atomic mass is 16.1. The van der Waals surface area contributed by atoms with E-state index in [0.717, 1.165) is 23.7 Å². The summed E-state index contributed by atoms with van der Waals surface area (Å²) in [7, 11) is 0. The Morgan fingerprint density at radius 2 is 2.00 bits per heavy atom. The van der Waals surface area contributed by atoms with E-state index in [-0.39, 0.29) is 5.91 Å². The van der Waals surface area contributed by atoms with E-state index in [9.17, 15) is 4.79 Å². The average Bonchev–Trinajstić information content (AvgIpc) is 3.27. The molecule has 2 aliphatic carbocycles. The first-order valence-corrected chi connectivity index (χ1v) is 8.08. The fourth-order valence-electron chi connectivity index (χ4n) is 4.12. The molecule has 1 heterocycles. The third-order valence-corrected chi connectivity index (χ3v) is 5.24. The molecule has 4 rings (SSSR count). The topological polar surface area (TPSA) is 70.7 Å². The molecule has 0 aliphatic heterocycles. The molecule has 0 radical (unpaired) electrons. The maximum atomic E-state index is 12.4.